The van der Waals surface area contributed by atoms with Gasteiger partial charge in [0, 0.05) is 22.4 Å². The van der Waals surface area contributed by atoms with Gasteiger partial charge in [-0.3, -0.25) is 4.57 Å². The van der Waals surface area contributed by atoms with Crippen LogP contribution in [0.1, 0.15) is 27.8 Å². The van der Waals surface area contributed by atoms with E-state index in [0.29, 0.717) is 0 Å². The van der Waals surface area contributed by atoms with Crippen molar-refractivity contribution in [3.8, 4) is 84.1 Å². The third-order valence-corrected chi connectivity index (χ3v) is 13.8. The number of rotatable bonds is 6. The summed E-state index contributed by atoms with van der Waals surface area (Å²) in [7, 11) is 0. The van der Waals surface area contributed by atoms with Crippen molar-refractivity contribution in [3.63, 3.8) is 0 Å². The summed E-state index contributed by atoms with van der Waals surface area (Å²) in [5, 5.41) is 0. The average Bonchev–Trinajstić information content (AvgIpc) is 4.01. The minimum absolute atomic E-state index is 0.546. The Morgan fingerprint density at radius 3 is 1.58 bits per heavy atom. The molecule has 2 aliphatic carbocycles. The summed E-state index contributed by atoms with van der Waals surface area (Å²) in [6.45, 7) is 2.23. The number of hydrogen-bond acceptors (Lipinski definition) is 2. The number of nitrogens with zero attached hydrogens (tertiary/aromatic N) is 3. The van der Waals surface area contributed by atoms with Crippen LogP contribution in [-0.2, 0) is 5.41 Å². The summed E-state index contributed by atoms with van der Waals surface area (Å²) in [6.07, 6.45) is 0. The van der Waals surface area contributed by atoms with E-state index in [2.05, 4.69) is 242 Å². The van der Waals surface area contributed by atoms with Crippen molar-refractivity contribution in [2.45, 2.75) is 12.3 Å². The highest BCUT2D eigenvalue weighted by Crippen LogP contribution is 2.63. The third-order valence-electron chi connectivity index (χ3n) is 13.8. The van der Waals surface area contributed by atoms with Gasteiger partial charge in [0.05, 0.1) is 27.8 Å². The molecule has 0 bridgehead atoms. The van der Waals surface area contributed by atoms with Crippen LogP contribution in [0, 0.1) is 6.92 Å². The largest absolute Gasteiger partial charge is 0.292 e. The molecule has 0 amide bonds. The molecule has 3 nitrogen and oxygen atoms in total. The molecule has 0 saturated carbocycles. The lowest BCUT2D eigenvalue weighted by Gasteiger charge is -2.31. The van der Waals surface area contributed by atoms with Gasteiger partial charge in [-0.2, -0.15) is 0 Å². The lowest BCUT2D eigenvalue weighted by Crippen LogP contribution is -2.26. The van der Waals surface area contributed by atoms with Gasteiger partial charge in [0.1, 0.15) is 5.82 Å². The van der Waals surface area contributed by atoms with Crippen LogP contribution in [0.15, 0.2) is 231 Å². The minimum Gasteiger partial charge on any atom is -0.292 e. The lowest BCUT2D eigenvalue weighted by atomic mass is 9.70. The minimum atomic E-state index is -0.546. The Morgan fingerprint density at radius 1 is 0.354 bits per heavy atom. The van der Waals surface area contributed by atoms with Crippen LogP contribution in [0.3, 0.4) is 0 Å². The zero-order valence-corrected chi connectivity index (χ0v) is 35.8. The summed E-state index contributed by atoms with van der Waals surface area (Å²) in [4.78, 5) is 10.7. The summed E-state index contributed by atoms with van der Waals surface area (Å²) < 4.78 is 2.28. The average molecular weight is 828 g/mol. The number of aromatic nitrogens is 3. The fraction of sp³-hybridized carbons (Fsp3) is 0.0323. The van der Waals surface area contributed by atoms with Crippen molar-refractivity contribution in [2.24, 2.45) is 0 Å². The third kappa shape index (κ3) is 5.62. The first-order valence-electron chi connectivity index (χ1n) is 22.4. The highest BCUT2D eigenvalue weighted by Gasteiger charge is 2.51. The number of pyridine rings is 1. The molecule has 2 aromatic heterocycles. The highest BCUT2D eigenvalue weighted by atomic mass is 15.1. The maximum atomic E-state index is 5.50. The van der Waals surface area contributed by atoms with E-state index in [9.17, 15) is 0 Å². The molecule has 304 valence electrons. The molecule has 65 heavy (non-hydrogen) atoms. The van der Waals surface area contributed by atoms with Crippen LogP contribution in [0.2, 0.25) is 0 Å². The first-order chi connectivity index (χ1) is 32.1. The predicted octanol–water partition coefficient (Wildman–Crippen LogP) is 15.4. The second-order valence-corrected chi connectivity index (χ2v) is 17.3. The molecule has 0 radical (unpaired) electrons. The Kier molecular flexibility index (Phi) is 8.34. The maximum Gasteiger partial charge on any atom is 0.145 e. The molecule has 9 aromatic carbocycles. The van der Waals surface area contributed by atoms with Crippen molar-refractivity contribution in [2.75, 3.05) is 0 Å². The number of benzene rings is 9. The number of para-hydroxylation sites is 3. The summed E-state index contributed by atoms with van der Waals surface area (Å²) in [5.74, 6) is 0.922. The second-order valence-electron chi connectivity index (χ2n) is 17.3. The molecule has 0 unspecified atom stereocenters. The smallest absolute Gasteiger partial charge is 0.145 e. The Balaban J connectivity index is 1.02. The maximum absolute atomic E-state index is 5.50. The van der Waals surface area contributed by atoms with Gasteiger partial charge < -0.3 is 0 Å². The van der Waals surface area contributed by atoms with Crippen LogP contribution < -0.4 is 0 Å². The molecule has 13 rings (SSSR count). The van der Waals surface area contributed by atoms with Crippen molar-refractivity contribution >= 4 is 11.0 Å². The Bertz CT molecular complexity index is 3610. The van der Waals surface area contributed by atoms with Gasteiger partial charge in [-0.15, -0.1) is 0 Å². The first kappa shape index (κ1) is 37.2. The van der Waals surface area contributed by atoms with E-state index in [1.807, 2.05) is 0 Å². The van der Waals surface area contributed by atoms with E-state index in [0.717, 1.165) is 61.8 Å². The van der Waals surface area contributed by atoms with Crippen LogP contribution >= 0.6 is 0 Å². The van der Waals surface area contributed by atoms with Gasteiger partial charge >= 0.3 is 0 Å². The Hall–Kier alpha value is -8.40. The quantitative estimate of drug-likeness (QED) is 0.167. The fourth-order valence-corrected chi connectivity index (χ4v) is 10.9. The van der Waals surface area contributed by atoms with Gasteiger partial charge in [-0.25, -0.2) is 9.97 Å². The zero-order valence-electron chi connectivity index (χ0n) is 35.8. The van der Waals surface area contributed by atoms with Crippen molar-refractivity contribution in [1.82, 2.24) is 14.5 Å². The van der Waals surface area contributed by atoms with E-state index < -0.39 is 5.41 Å². The summed E-state index contributed by atoms with van der Waals surface area (Å²) >= 11 is 0. The normalized spacial score (nSPS) is 12.8. The van der Waals surface area contributed by atoms with E-state index in [1.165, 1.54) is 61.2 Å². The molecule has 0 atom stereocenters. The second kappa shape index (κ2) is 14.6. The van der Waals surface area contributed by atoms with Crippen LogP contribution in [0.4, 0.5) is 0 Å². The predicted molar refractivity (Wildman–Crippen MR) is 267 cm³/mol. The molecule has 1 spiro atoms. The standard InChI is InChI=1S/C62H41N3/c1-40-52(41-18-5-2-6-19-41)39-58(42-20-7-3-8-21-42)63-60(40)45-33-35-51-50-34-32-44(37-55(50)62(56(51)38-45)53-28-13-11-26-48(53)49-27-12-14-29-54(49)62)43-22-17-23-46(36-43)61-64-57-30-15-16-31-59(57)65(61)47-24-9-4-10-25-47/h2-39H,1H3. The molecule has 0 aliphatic heterocycles. The van der Waals surface area contributed by atoms with Gasteiger partial charge in [-0.1, -0.05) is 182 Å². The number of hydrogen-bond donors (Lipinski definition) is 0. The molecule has 0 N–H and O–H groups in total. The van der Waals surface area contributed by atoms with Gasteiger partial charge in [0.25, 0.3) is 0 Å². The molecule has 2 aliphatic rings. The summed E-state index contributed by atoms with van der Waals surface area (Å²) in [6, 6.07) is 83.8. The van der Waals surface area contributed by atoms with E-state index in [1.54, 1.807) is 0 Å². The zero-order chi connectivity index (χ0) is 43.1. The Labute approximate surface area is 378 Å². The Morgan fingerprint density at radius 2 is 0.877 bits per heavy atom. The topological polar surface area (TPSA) is 30.7 Å². The molecular formula is C62H41N3. The molecule has 0 saturated heterocycles. The van der Waals surface area contributed by atoms with Crippen LogP contribution in [0.5, 0.6) is 0 Å². The molecule has 11 aromatic rings. The van der Waals surface area contributed by atoms with E-state index >= 15 is 0 Å². The molecule has 2 heterocycles. The van der Waals surface area contributed by atoms with E-state index in [4.69, 9.17) is 9.97 Å². The number of imidazole rings is 1. The SMILES string of the molecule is Cc1c(-c2ccccc2)cc(-c2ccccc2)nc1-c1ccc2c(c1)C1(c3ccccc3-c3ccccc31)c1cc(-c3cccc(-c4nc5ccccc5n4-c4ccccc4)c3)ccc1-2. The van der Waals surface area contributed by atoms with Crippen LogP contribution in [-0.4, -0.2) is 14.5 Å². The molecular weight excluding hydrogens is 787 g/mol. The van der Waals surface area contributed by atoms with Crippen LogP contribution in [0.25, 0.3) is 95.1 Å². The highest BCUT2D eigenvalue weighted by molar-refractivity contribution is 5.97. The van der Waals surface area contributed by atoms with E-state index in [-0.39, 0.29) is 0 Å². The van der Waals surface area contributed by atoms with Gasteiger partial charge in [-0.05, 0) is 128 Å². The number of fused-ring (bicyclic) bond motifs is 11. The summed E-state index contributed by atoms with van der Waals surface area (Å²) in [5.41, 5.74) is 24.0. The van der Waals surface area contributed by atoms with Crippen molar-refractivity contribution in [1.29, 1.82) is 0 Å². The molecule has 0 fully saturated rings. The van der Waals surface area contributed by atoms with Gasteiger partial charge in [0.2, 0.25) is 0 Å². The van der Waals surface area contributed by atoms with Gasteiger partial charge in [0.15, 0.2) is 0 Å². The molecule has 3 heteroatoms. The fourth-order valence-electron chi connectivity index (χ4n) is 10.9. The monoisotopic (exact) mass is 827 g/mol. The van der Waals surface area contributed by atoms with Crippen molar-refractivity contribution < 1.29 is 0 Å². The lowest BCUT2D eigenvalue weighted by molar-refractivity contribution is 0.794. The first-order valence-corrected chi connectivity index (χ1v) is 22.4. The van der Waals surface area contributed by atoms with Crippen molar-refractivity contribution in [3.05, 3.63) is 258 Å².